The zero-order chi connectivity index (χ0) is 15.3. The molecule has 1 saturated heterocycles. The average molecular weight is 284 g/mol. The van der Waals surface area contributed by atoms with Gasteiger partial charge < -0.3 is 10.0 Å². The van der Waals surface area contributed by atoms with Gasteiger partial charge in [-0.3, -0.25) is 14.9 Å². The molecule has 0 radical (unpaired) electrons. The van der Waals surface area contributed by atoms with E-state index in [9.17, 15) is 9.59 Å². The van der Waals surface area contributed by atoms with Crippen molar-refractivity contribution in [1.82, 2.24) is 10.2 Å². The van der Waals surface area contributed by atoms with Crippen LogP contribution in [-0.2, 0) is 9.59 Å². The number of nitrogens with zero attached hydrogens (tertiary/aromatic N) is 1. The number of carboxylic acids is 1. The highest BCUT2D eigenvalue weighted by molar-refractivity contribution is 5.83. The van der Waals surface area contributed by atoms with Crippen molar-refractivity contribution in [3.8, 4) is 0 Å². The molecule has 0 aliphatic carbocycles. The maximum atomic E-state index is 12.4. The Bertz CT molecular complexity index is 336. The minimum absolute atomic E-state index is 0.0192. The maximum absolute atomic E-state index is 12.4. The summed E-state index contributed by atoms with van der Waals surface area (Å²) in [6, 6.07) is -1.08. The predicted molar refractivity (Wildman–Crippen MR) is 78.5 cm³/mol. The number of rotatable bonds is 6. The van der Waals surface area contributed by atoms with Gasteiger partial charge in [0.05, 0.1) is 6.04 Å². The number of nitrogens with one attached hydrogen (secondary N) is 1. The molecule has 1 heterocycles. The van der Waals surface area contributed by atoms with Crippen LogP contribution in [0.4, 0.5) is 0 Å². The number of hydrogen-bond acceptors (Lipinski definition) is 3. The minimum Gasteiger partial charge on any atom is -0.480 e. The van der Waals surface area contributed by atoms with Crippen molar-refractivity contribution in [2.75, 3.05) is 13.1 Å². The molecule has 5 heteroatoms. The van der Waals surface area contributed by atoms with Crippen molar-refractivity contribution in [2.24, 2.45) is 11.8 Å². The van der Waals surface area contributed by atoms with Gasteiger partial charge in [0.15, 0.2) is 0 Å². The van der Waals surface area contributed by atoms with Gasteiger partial charge in [-0.15, -0.1) is 0 Å². The summed E-state index contributed by atoms with van der Waals surface area (Å²) in [6.07, 6.45) is 2.47. The Morgan fingerprint density at radius 3 is 2.30 bits per heavy atom. The smallest absolute Gasteiger partial charge is 0.320 e. The third-order valence-electron chi connectivity index (χ3n) is 3.88. The average Bonchev–Trinajstić information content (AvgIpc) is 2.35. The summed E-state index contributed by atoms with van der Waals surface area (Å²) < 4.78 is 0. The number of amides is 1. The highest BCUT2D eigenvalue weighted by Crippen LogP contribution is 2.21. The van der Waals surface area contributed by atoms with Crippen molar-refractivity contribution < 1.29 is 14.7 Å². The Morgan fingerprint density at radius 2 is 1.85 bits per heavy atom. The van der Waals surface area contributed by atoms with Crippen molar-refractivity contribution >= 4 is 11.9 Å². The van der Waals surface area contributed by atoms with Crippen LogP contribution in [0.2, 0.25) is 0 Å². The highest BCUT2D eigenvalue weighted by Gasteiger charge is 2.30. The van der Waals surface area contributed by atoms with Gasteiger partial charge in [-0.1, -0.05) is 27.2 Å². The van der Waals surface area contributed by atoms with Crippen LogP contribution in [-0.4, -0.2) is 47.1 Å². The number of aliphatic carboxylic acids is 1. The number of carbonyl (C=O) groups excluding carboxylic acids is 1. The molecular formula is C15H28N2O3. The van der Waals surface area contributed by atoms with Gasteiger partial charge in [0.2, 0.25) is 5.91 Å². The van der Waals surface area contributed by atoms with Crippen LogP contribution in [0, 0.1) is 11.8 Å². The molecule has 0 aromatic carbocycles. The van der Waals surface area contributed by atoms with E-state index in [-0.39, 0.29) is 5.91 Å². The molecule has 1 aliphatic heterocycles. The number of carboxylic acid groups (broad SMARTS) is 1. The van der Waals surface area contributed by atoms with Crippen molar-refractivity contribution in [3.05, 3.63) is 0 Å². The van der Waals surface area contributed by atoms with Crippen LogP contribution < -0.4 is 5.32 Å². The van der Waals surface area contributed by atoms with E-state index in [1.165, 1.54) is 0 Å². The Labute approximate surface area is 121 Å². The largest absolute Gasteiger partial charge is 0.480 e. The van der Waals surface area contributed by atoms with E-state index in [1.54, 1.807) is 6.92 Å². The standard InChI is InChI=1S/C15H28N2O3/c1-5-6-13(15(19)20)16-12(4)14(18)17-8-10(2)7-11(3)9-17/h10-13,16H,5-9H2,1-4H3,(H,19,20). The van der Waals surface area contributed by atoms with E-state index < -0.39 is 18.1 Å². The van der Waals surface area contributed by atoms with Gasteiger partial charge >= 0.3 is 5.97 Å². The number of likely N-dealkylation sites (tertiary alicyclic amines) is 1. The Morgan fingerprint density at radius 1 is 1.30 bits per heavy atom. The molecule has 1 amide bonds. The summed E-state index contributed by atoms with van der Waals surface area (Å²) in [5.74, 6) is 0.166. The molecule has 1 fully saturated rings. The first-order chi connectivity index (χ1) is 9.35. The molecule has 0 aromatic heterocycles. The molecule has 4 unspecified atom stereocenters. The number of piperidine rings is 1. The lowest BCUT2D eigenvalue weighted by molar-refractivity contribution is -0.141. The molecule has 0 spiro atoms. The summed E-state index contributed by atoms with van der Waals surface area (Å²) in [5.41, 5.74) is 0. The van der Waals surface area contributed by atoms with E-state index in [4.69, 9.17) is 5.11 Å². The van der Waals surface area contributed by atoms with Crippen LogP contribution in [0.3, 0.4) is 0 Å². The van der Waals surface area contributed by atoms with Gasteiger partial charge in [-0.2, -0.15) is 0 Å². The molecule has 4 atom stereocenters. The van der Waals surface area contributed by atoms with Gasteiger partial charge in [-0.25, -0.2) is 0 Å². The zero-order valence-electron chi connectivity index (χ0n) is 13.1. The normalized spacial score (nSPS) is 26.1. The molecule has 0 aromatic rings. The second-order valence-corrected chi connectivity index (χ2v) is 6.26. The third kappa shape index (κ3) is 4.78. The third-order valence-corrected chi connectivity index (χ3v) is 3.88. The van der Waals surface area contributed by atoms with E-state index in [0.717, 1.165) is 25.9 Å². The Hall–Kier alpha value is -1.10. The number of carbonyl (C=O) groups is 2. The molecule has 0 saturated carbocycles. The topological polar surface area (TPSA) is 69.6 Å². The van der Waals surface area contributed by atoms with Crippen LogP contribution in [0.25, 0.3) is 0 Å². The molecule has 0 bridgehead atoms. The van der Waals surface area contributed by atoms with E-state index in [0.29, 0.717) is 18.3 Å². The van der Waals surface area contributed by atoms with E-state index >= 15 is 0 Å². The first-order valence-corrected chi connectivity index (χ1v) is 7.62. The molecule has 2 N–H and O–H groups in total. The zero-order valence-corrected chi connectivity index (χ0v) is 13.1. The second-order valence-electron chi connectivity index (χ2n) is 6.26. The van der Waals surface area contributed by atoms with Crippen molar-refractivity contribution in [1.29, 1.82) is 0 Å². The highest BCUT2D eigenvalue weighted by atomic mass is 16.4. The lowest BCUT2D eigenvalue weighted by Crippen LogP contribution is -2.53. The molecular weight excluding hydrogens is 256 g/mol. The van der Waals surface area contributed by atoms with Crippen LogP contribution in [0.15, 0.2) is 0 Å². The monoisotopic (exact) mass is 284 g/mol. The number of hydrogen-bond donors (Lipinski definition) is 2. The maximum Gasteiger partial charge on any atom is 0.320 e. The molecule has 20 heavy (non-hydrogen) atoms. The molecule has 1 rings (SSSR count). The summed E-state index contributed by atoms with van der Waals surface area (Å²) >= 11 is 0. The fourth-order valence-corrected chi connectivity index (χ4v) is 3.06. The van der Waals surface area contributed by atoms with E-state index in [2.05, 4.69) is 19.2 Å². The van der Waals surface area contributed by atoms with Crippen molar-refractivity contribution in [3.63, 3.8) is 0 Å². The molecule has 5 nitrogen and oxygen atoms in total. The fourth-order valence-electron chi connectivity index (χ4n) is 3.06. The van der Waals surface area contributed by atoms with Gasteiger partial charge in [-0.05, 0) is 31.6 Å². The first kappa shape index (κ1) is 17.0. The fraction of sp³-hybridized carbons (Fsp3) is 0.867. The Balaban J connectivity index is 2.59. The van der Waals surface area contributed by atoms with Gasteiger partial charge in [0.25, 0.3) is 0 Å². The lowest BCUT2D eigenvalue weighted by atomic mass is 9.91. The van der Waals surface area contributed by atoms with Crippen LogP contribution >= 0.6 is 0 Å². The second kappa shape index (κ2) is 7.62. The van der Waals surface area contributed by atoms with E-state index in [1.807, 2.05) is 11.8 Å². The van der Waals surface area contributed by atoms with Crippen LogP contribution in [0.1, 0.15) is 47.0 Å². The summed E-state index contributed by atoms with van der Waals surface area (Å²) in [6.45, 7) is 9.58. The summed E-state index contributed by atoms with van der Waals surface area (Å²) in [7, 11) is 0. The van der Waals surface area contributed by atoms with Crippen molar-refractivity contribution in [2.45, 2.75) is 59.0 Å². The quantitative estimate of drug-likeness (QED) is 0.779. The molecule has 116 valence electrons. The SMILES string of the molecule is CCCC(NC(C)C(=O)N1CC(C)CC(C)C1)C(=O)O. The minimum atomic E-state index is -0.883. The lowest BCUT2D eigenvalue weighted by Gasteiger charge is -2.37. The Kier molecular flexibility index (Phi) is 6.46. The molecule has 1 aliphatic rings. The van der Waals surface area contributed by atoms with Crippen LogP contribution in [0.5, 0.6) is 0 Å². The predicted octanol–water partition coefficient (Wildman–Crippen LogP) is 1.72. The summed E-state index contributed by atoms with van der Waals surface area (Å²) in [5, 5.41) is 12.1. The van der Waals surface area contributed by atoms with Gasteiger partial charge in [0.1, 0.15) is 6.04 Å². The summed E-state index contributed by atoms with van der Waals surface area (Å²) in [4.78, 5) is 25.4. The first-order valence-electron chi connectivity index (χ1n) is 7.62. The van der Waals surface area contributed by atoms with Gasteiger partial charge in [0, 0.05) is 13.1 Å².